The normalized spacial score (nSPS) is 22.1. The second-order valence-electron chi connectivity index (χ2n) is 4.79. The van der Waals surface area contributed by atoms with Gasteiger partial charge in [0.25, 0.3) is 0 Å². The summed E-state index contributed by atoms with van der Waals surface area (Å²) < 4.78 is 5.22. The minimum absolute atomic E-state index is 0.137. The van der Waals surface area contributed by atoms with Gasteiger partial charge in [0.15, 0.2) is 0 Å². The average Bonchev–Trinajstić information content (AvgIpc) is 2.88. The van der Waals surface area contributed by atoms with Crippen molar-refractivity contribution in [3.05, 3.63) is 35.5 Å². The number of amides is 1. The van der Waals surface area contributed by atoms with Gasteiger partial charge in [-0.2, -0.15) is 0 Å². The van der Waals surface area contributed by atoms with Crippen molar-refractivity contribution < 1.29 is 9.53 Å². The molecule has 5 nitrogen and oxygen atoms in total. The van der Waals surface area contributed by atoms with Crippen molar-refractivity contribution in [3.63, 3.8) is 0 Å². The number of aromatic nitrogens is 1. The summed E-state index contributed by atoms with van der Waals surface area (Å²) in [6.07, 6.45) is 1.67. The van der Waals surface area contributed by atoms with E-state index < -0.39 is 0 Å². The van der Waals surface area contributed by atoms with Gasteiger partial charge in [0.1, 0.15) is 0 Å². The van der Waals surface area contributed by atoms with Crippen molar-refractivity contribution in [1.29, 1.82) is 0 Å². The lowest BCUT2D eigenvalue weighted by molar-refractivity contribution is -0.120. The van der Waals surface area contributed by atoms with Crippen LogP contribution < -0.4 is 11.1 Å². The molecule has 0 saturated carbocycles. The van der Waals surface area contributed by atoms with E-state index in [4.69, 9.17) is 22.1 Å². The summed E-state index contributed by atoms with van der Waals surface area (Å²) in [6.45, 7) is 0.776. The van der Waals surface area contributed by atoms with Crippen molar-refractivity contribution in [3.8, 4) is 0 Å². The van der Waals surface area contributed by atoms with Gasteiger partial charge in [0.05, 0.1) is 35.4 Å². The molecule has 3 N–H and O–H groups in total. The van der Waals surface area contributed by atoms with Crippen LogP contribution in [0.15, 0.2) is 30.5 Å². The number of carbonyl (C=O) groups excluding carboxylic acids is 1. The fraction of sp³-hybridized carbons (Fsp3) is 0.286. The number of hydrogen-bond acceptors (Lipinski definition) is 4. The number of halogens is 1. The zero-order valence-electron chi connectivity index (χ0n) is 10.7. The number of carbonyl (C=O) groups is 1. The molecule has 1 amide bonds. The standard InChI is InChI=1S/C14H14ClN3O2/c15-10-3-4-12(8-2-1-5-17-13(8)10)18-14(19)9-6-20-7-11(9)16/h1-5,9,11H,6-7,16H2,(H,18,19). The number of anilines is 1. The van der Waals surface area contributed by atoms with E-state index in [2.05, 4.69) is 10.3 Å². The zero-order valence-corrected chi connectivity index (χ0v) is 11.4. The Morgan fingerprint density at radius 3 is 3.00 bits per heavy atom. The second-order valence-corrected chi connectivity index (χ2v) is 5.20. The molecule has 2 unspecified atom stereocenters. The third-order valence-electron chi connectivity index (χ3n) is 3.44. The van der Waals surface area contributed by atoms with Gasteiger partial charge in [-0.05, 0) is 24.3 Å². The molecule has 1 fully saturated rings. The Morgan fingerprint density at radius 2 is 2.25 bits per heavy atom. The Labute approximate surface area is 121 Å². The predicted octanol–water partition coefficient (Wildman–Crippen LogP) is 1.80. The number of ether oxygens (including phenoxy) is 1. The fourth-order valence-electron chi connectivity index (χ4n) is 2.31. The third-order valence-corrected chi connectivity index (χ3v) is 3.74. The first-order valence-corrected chi connectivity index (χ1v) is 6.72. The third kappa shape index (κ3) is 2.35. The minimum atomic E-state index is -0.322. The number of benzene rings is 1. The molecule has 0 aliphatic carbocycles. The Bertz CT molecular complexity index is 662. The van der Waals surface area contributed by atoms with E-state index in [9.17, 15) is 4.79 Å². The van der Waals surface area contributed by atoms with E-state index in [0.717, 1.165) is 5.39 Å². The van der Waals surface area contributed by atoms with Gasteiger partial charge in [-0.1, -0.05) is 11.6 Å². The molecule has 2 aromatic rings. The number of hydrogen-bond donors (Lipinski definition) is 2. The molecule has 2 atom stereocenters. The Kier molecular flexibility index (Phi) is 3.56. The van der Waals surface area contributed by atoms with E-state index >= 15 is 0 Å². The lowest BCUT2D eigenvalue weighted by Gasteiger charge is -2.14. The molecular weight excluding hydrogens is 278 g/mol. The lowest BCUT2D eigenvalue weighted by atomic mass is 10.0. The Morgan fingerprint density at radius 1 is 1.40 bits per heavy atom. The molecule has 20 heavy (non-hydrogen) atoms. The van der Waals surface area contributed by atoms with Crippen LogP contribution in [0.25, 0.3) is 10.9 Å². The maximum absolute atomic E-state index is 12.2. The molecule has 1 aliphatic heterocycles. The van der Waals surface area contributed by atoms with Gasteiger partial charge < -0.3 is 15.8 Å². The van der Waals surface area contributed by atoms with Gasteiger partial charge in [-0.15, -0.1) is 0 Å². The summed E-state index contributed by atoms with van der Waals surface area (Å²) in [7, 11) is 0. The van der Waals surface area contributed by atoms with Gasteiger partial charge in [-0.25, -0.2) is 0 Å². The summed E-state index contributed by atoms with van der Waals surface area (Å²) in [5.74, 6) is -0.458. The first kappa shape index (κ1) is 13.3. The van der Waals surface area contributed by atoms with Crippen LogP contribution in [0.5, 0.6) is 0 Å². The summed E-state index contributed by atoms with van der Waals surface area (Å²) in [6, 6.07) is 6.91. The maximum atomic E-state index is 12.2. The van der Waals surface area contributed by atoms with Gasteiger partial charge in [-0.3, -0.25) is 9.78 Å². The molecule has 1 aliphatic rings. The van der Waals surface area contributed by atoms with Crippen LogP contribution >= 0.6 is 11.6 Å². The average molecular weight is 292 g/mol. The molecule has 6 heteroatoms. The van der Waals surface area contributed by atoms with E-state index in [0.29, 0.717) is 29.4 Å². The highest BCUT2D eigenvalue weighted by Gasteiger charge is 2.31. The first-order chi connectivity index (χ1) is 9.66. The quantitative estimate of drug-likeness (QED) is 0.884. The number of fused-ring (bicyclic) bond motifs is 1. The SMILES string of the molecule is NC1COCC1C(=O)Nc1ccc(Cl)c2ncccc12. The Balaban J connectivity index is 1.91. The summed E-state index contributed by atoms with van der Waals surface area (Å²) in [5, 5.41) is 4.25. The number of nitrogens with one attached hydrogen (secondary N) is 1. The van der Waals surface area contributed by atoms with Gasteiger partial charge in [0, 0.05) is 17.6 Å². The van der Waals surface area contributed by atoms with Crippen LogP contribution in [0, 0.1) is 5.92 Å². The molecular formula is C14H14ClN3O2. The van der Waals surface area contributed by atoms with Crippen LogP contribution in [-0.2, 0) is 9.53 Å². The summed E-state index contributed by atoms with van der Waals surface area (Å²) in [5.41, 5.74) is 7.20. The van der Waals surface area contributed by atoms with Crippen molar-refractivity contribution in [2.45, 2.75) is 6.04 Å². The summed E-state index contributed by atoms with van der Waals surface area (Å²) in [4.78, 5) is 16.5. The van der Waals surface area contributed by atoms with Crippen LogP contribution in [0.2, 0.25) is 5.02 Å². The highest BCUT2D eigenvalue weighted by molar-refractivity contribution is 6.35. The van der Waals surface area contributed by atoms with Crippen molar-refractivity contribution >= 4 is 34.1 Å². The van der Waals surface area contributed by atoms with Crippen molar-refractivity contribution in [2.24, 2.45) is 11.7 Å². The smallest absolute Gasteiger partial charge is 0.231 e. The molecule has 0 bridgehead atoms. The Hall–Kier alpha value is -1.69. The highest BCUT2D eigenvalue weighted by Crippen LogP contribution is 2.28. The van der Waals surface area contributed by atoms with E-state index in [1.165, 1.54) is 0 Å². The molecule has 104 valence electrons. The molecule has 2 heterocycles. The molecule has 0 radical (unpaired) electrons. The van der Waals surface area contributed by atoms with Crippen molar-refractivity contribution in [1.82, 2.24) is 4.98 Å². The van der Waals surface area contributed by atoms with E-state index in [1.54, 1.807) is 24.4 Å². The highest BCUT2D eigenvalue weighted by atomic mass is 35.5. The lowest BCUT2D eigenvalue weighted by Crippen LogP contribution is -2.37. The minimum Gasteiger partial charge on any atom is -0.379 e. The van der Waals surface area contributed by atoms with Gasteiger partial charge in [0.2, 0.25) is 5.91 Å². The van der Waals surface area contributed by atoms with Gasteiger partial charge >= 0.3 is 0 Å². The number of rotatable bonds is 2. The fourth-order valence-corrected chi connectivity index (χ4v) is 2.53. The van der Waals surface area contributed by atoms with Crippen LogP contribution in [0.1, 0.15) is 0 Å². The zero-order chi connectivity index (χ0) is 14.1. The predicted molar refractivity (Wildman–Crippen MR) is 77.7 cm³/mol. The first-order valence-electron chi connectivity index (χ1n) is 6.34. The molecule has 3 rings (SSSR count). The molecule has 1 saturated heterocycles. The topological polar surface area (TPSA) is 77.2 Å². The number of nitrogens with two attached hydrogens (primary N) is 1. The molecule has 0 spiro atoms. The maximum Gasteiger partial charge on any atom is 0.231 e. The second kappa shape index (κ2) is 5.36. The molecule has 1 aromatic heterocycles. The van der Waals surface area contributed by atoms with E-state index in [-0.39, 0.29) is 17.9 Å². The largest absolute Gasteiger partial charge is 0.379 e. The van der Waals surface area contributed by atoms with Crippen LogP contribution in [0.4, 0.5) is 5.69 Å². The molecule has 1 aromatic carbocycles. The van der Waals surface area contributed by atoms with Crippen LogP contribution in [0.3, 0.4) is 0 Å². The number of nitrogens with zero attached hydrogens (tertiary/aromatic N) is 1. The monoisotopic (exact) mass is 291 g/mol. The van der Waals surface area contributed by atoms with Crippen molar-refractivity contribution in [2.75, 3.05) is 18.5 Å². The van der Waals surface area contributed by atoms with E-state index in [1.807, 2.05) is 6.07 Å². The number of pyridine rings is 1. The summed E-state index contributed by atoms with van der Waals surface area (Å²) >= 11 is 6.10. The van der Waals surface area contributed by atoms with Crippen LogP contribution in [-0.4, -0.2) is 30.1 Å².